The molecule has 2 amide bonds. The number of carbonyl (C=O) groups is 2. The van der Waals surface area contributed by atoms with Crippen molar-refractivity contribution in [3.05, 3.63) is 59.7 Å². The molecule has 0 radical (unpaired) electrons. The Morgan fingerprint density at radius 3 is 2.65 bits per heavy atom. The number of amides is 2. The Hall–Kier alpha value is -2.76. The van der Waals surface area contributed by atoms with E-state index in [2.05, 4.69) is 10.3 Å². The predicted molar refractivity (Wildman–Crippen MR) is 97.2 cm³/mol. The van der Waals surface area contributed by atoms with Crippen LogP contribution in [0.5, 0.6) is 0 Å². The monoisotopic (exact) mass is 355 g/mol. The molecule has 1 aliphatic rings. The molecule has 1 saturated heterocycles. The predicted octanol–water partition coefficient (Wildman–Crippen LogP) is 3.94. The summed E-state index contributed by atoms with van der Waals surface area (Å²) >= 11 is 0. The smallest absolute Gasteiger partial charge is 0.254 e. The third kappa shape index (κ3) is 4.07. The maximum atomic E-state index is 13.9. The van der Waals surface area contributed by atoms with Gasteiger partial charge in [-0.15, -0.1) is 0 Å². The van der Waals surface area contributed by atoms with Crippen LogP contribution in [-0.4, -0.2) is 28.2 Å². The zero-order valence-electron chi connectivity index (χ0n) is 14.7. The number of pyridine rings is 1. The van der Waals surface area contributed by atoms with E-state index in [-0.39, 0.29) is 23.5 Å². The van der Waals surface area contributed by atoms with Crippen LogP contribution in [0.3, 0.4) is 0 Å². The molecule has 1 N–H and O–H groups in total. The van der Waals surface area contributed by atoms with Crippen molar-refractivity contribution in [2.75, 3.05) is 11.9 Å². The highest BCUT2D eigenvalue weighted by Gasteiger charge is 2.28. The fourth-order valence-electron chi connectivity index (χ4n) is 3.39. The number of benzene rings is 1. The lowest BCUT2D eigenvalue weighted by atomic mass is 10.0. The van der Waals surface area contributed by atoms with Crippen LogP contribution >= 0.6 is 0 Å². The molecule has 1 fully saturated rings. The Morgan fingerprint density at radius 1 is 1.15 bits per heavy atom. The number of rotatable bonds is 3. The summed E-state index contributed by atoms with van der Waals surface area (Å²) in [5.41, 5.74) is 1.45. The highest BCUT2D eigenvalue weighted by Crippen LogP contribution is 2.31. The summed E-state index contributed by atoms with van der Waals surface area (Å²) < 4.78 is 13.9. The van der Waals surface area contributed by atoms with Crippen molar-refractivity contribution in [2.45, 2.75) is 38.6 Å². The van der Waals surface area contributed by atoms with E-state index in [1.807, 2.05) is 17.0 Å². The van der Waals surface area contributed by atoms with E-state index in [4.69, 9.17) is 0 Å². The van der Waals surface area contributed by atoms with E-state index in [1.54, 1.807) is 12.4 Å². The minimum atomic E-state index is -0.557. The lowest BCUT2D eigenvalue weighted by Crippen LogP contribution is -2.35. The van der Waals surface area contributed by atoms with E-state index >= 15 is 0 Å². The van der Waals surface area contributed by atoms with Crippen LogP contribution in [0.2, 0.25) is 0 Å². The minimum Gasteiger partial charge on any atom is -0.332 e. The second-order valence-corrected chi connectivity index (χ2v) is 6.52. The molecule has 0 bridgehead atoms. The Balaban J connectivity index is 1.92. The van der Waals surface area contributed by atoms with Crippen molar-refractivity contribution < 1.29 is 14.0 Å². The van der Waals surface area contributed by atoms with Crippen LogP contribution < -0.4 is 5.32 Å². The highest BCUT2D eigenvalue weighted by molar-refractivity contribution is 5.97. The Labute approximate surface area is 152 Å². The first-order valence-electron chi connectivity index (χ1n) is 8.84. The van der Waals surface area contributed by atoms with Gasteiger partial charge in [-0.05, 0) is 48.7 Å². The summed E-state index contributed by atoms with van der Waals surface area (Å²) in [7, 11) is 0. The van der Waals surface area contributed by atoms with Crippen molar-refractivity contribution in [3.8, 4) is 0 Å². The Bertz CT molecular complexity index is 795. The van der Waals surface area contributed by atoms with Crippen LogP contribution in [0.15, 0.2) is 42.7 Å². The summed E-state index contributed by atoms with van der Waals surface area (Å²) in [4.78, 5) is 30.3. The maximum absolute atomic E-state index is 13.9. The molecule has 1 unspecified atom stereocenters. The number of aromatic nitrogens is 1. The fourth-order valence-corrected chi connectivity index (χ4v) is 3.39. The number of carbonyl (C=O) groups excluding carboxylic acids is 2. The molecule has 0 spiro atoms. The molecule has 1 aliphatic heterocycles. The first-order valence-corrected chi connectivity index (χ1v) is 8.84. The van der Waals surface area contributed by atoms with Crippen LogP contribution in [0.1, 0.15) is 54.6 Å². The summed E-state index contributed by atoms with van der Waals surface area (Å²) in [6.07, 6.45) is 7.41. The fraction of sp³-hybridized carbons (Fsp3) is 0.350. The zero-order chi connectivity index (χ0) is 18.5. The van der Waals surface area contributed by atoms with Gasteiger partial charge in [0.15, 0.2) is 0 Å². The quantitative estimate of drug-likeness (QED) is 0.907. The third-order valence-electron chi connectivity index (χ3n) is 4.63. The maximum Gasteiger partial charge on any atom is 0.254 e. The van der Waals surface area contributed by atoms with Crippen molar-refractivity contribution in [1.82, 2.24) is 9.88 Å². The van der Waals surface area contributed by atoms with E-state index in [0.29, 0.717) is 12.1 Å². The van der Waals surface area contributed by atoms with Crippen molar-refractivity contribution in [3.63, 3.8) is 0 Å². The number of nitrogens with zero attached hydrogens (tertiary/aromatic N) is 2. The highest BCUT2D eigenvalue weighted by atomic mass is 19.1. The van der Waals surface area contributed by atoms with Crippen LogP contribution in [0.4, 0.5) is 10.1 Å². The van der Waals surface area contributed by atoms with Gasteiger partial charge in [-0.2, -0.15) is 0 Å². The van der Waals surface area contributed by atoms with Gasteiger partial charge in [-0.25, -0.2) is 4.39 Å². The van der Waals surface area contributed by atoms with Gasteiger partial charge in [0.1, 0.15) is 5.82 Å². The number of hydrogen-bond donors (Lipinski definition) is 1. The van der Waals surface area contributed by atoms with Gasteiger partial charge in [0.25, 0.3) is 5.91 Å². The Morgan fingerprint density at radius 2 is 1.92 bits per heavy atom. The standard InChI is InChI=1S/C20H22FN3O2/c1-14(25)23-18-13-16(6-7-17(18)21)20(26)24-12-4-2-3-5-19(24)15-8-10-22-11-9-15/h6-11,13,19H,2-5,12H2,1H3,(H,23,25). The molecular weight excluding hydrogens is 333 g/mol. The Kier molecular flexibility index (Phi) is 5.61. The minimum absolute atomic E-state index is 0.0257. The lowest BCUT2D eigenvalue weighted by Gasteiger charge is -2.30. The molecule has 2 heterocycles. The van der Waals surface area contributed by atoms with Crippen molar-refractivity contribution >= 4 is 17.5 Å². The SMILES string of the molecule is CC(=O)Nc1cc(C(=O)N2CCCCCC2c2ccncc2)ccc1F. The first kappa shape index (κ1) is 18.0. The van der Waals surface area contributed by atoms with E-state index in [1.165, 1.54) is 25.1 Å². The molecule has 2 aromatic rings. The number of halogens is 1. The van der Waals surface area contributed by atoms with Gasteiger partial charge in [-0.1, -0.05) is 12.8 Å². The number of anilines is 1. The summed E-state index contributed by atoms with van der Waals surface area (Å²) in [5.74, 6) is -1.09. The second kappa shape index (κ2) is 8.08. The molecule has 1 atom stereocenters. The molecule has 0 aliphatic carbocycles. The number of likely N-dealkylation sites (tertiary alicyclic amines) is 1. The largest absolute Gasteiger partial charge is 0.332 e. The molecule has 136 valence electrons. The molecule has 0 saturated carbocycles. The van der Waals surface area contributed by atoms with Crippen molar-refractivity contribution in [1.29, 1.82) is 0 Å². The molecule has 1 aromatic heterocycles. The molecule has 3 rings (SSSR count). The summed E-state index contributed by atoms with van der Waals surface area (Å²) in [6, 6.07) is 7.94. The third-order valence-corrected chi connectivity index (χ3v) is 4.63. The van der Waals surface area contributed by atoms with Gasteiger partial charge in [0.05, 0.1) is 11.7 Å². The zero-order valence-corrected chi connectivity index (χ0v) is 14.7. The lowest BCUT2D eigenvalue weighted by molar-refractivity contribution is -0.114. The van der Waals surface area contributed by atoms with E-state index in [0.717, 1.165) is 31.2 Å². The molecular formula is C20H22FN3O2. The van der Waals surface area contributed by atoms with Crippen LogP contribution in [0.25, 0.3) is 0 Å². The topological polar surface area (TPSA) is 62.3 Å². The van der Waals surface area contributed by atoms with E-state index < -0.39 is 5.82 Å². The average molecular weight is 355 g/mol. The van der Waals surface area contributed by atoms with Crippen LogP contribution in [-0.2, 0) is 4.79 Å². The van der Waals surface area contributed by atoms with Crippen molar-refractivity contribution in [2.24, 2.45) is 0 Å². The molecule has 5 nitrogen and oxygen atoms in total. The van der Waals surface area contributed by atoms with Gasteiger partial charge in [0, 0.05) is 31.4 Å². The van der Waals surface area contributed by atoms with E-state index in [9.17, 15) is 14.0 Å². The summed E-state index contributed by atoms with van der Waals surface area (Å²) in [5, 5.41) is 2.43. The number of hydrogen-bond acceptors (Lipinski definition) is 3. The van der Waals surface area contributed by atoms with Gasteiger partial charge in [-0.3, -0.25) is 14.6 Å². The van der Waals surface area contributed by atoms with Gasteiger partial charge in [0.2, 0.25) is 5.91 Å². The first-order chi connectivity index (χ1) is 12.6. The second-order valence-electron chi connectivity index (χ2n) is 6.52. The van der Waals surface area contributed by atoms with Crippen LogP contribution in [0, 0.1) is 5.82 Å². The molecule has 1 aromatic carbocycles. The summed E-state index contributed by atoms with van der Waals surface area (Å²) in [6.45, 7) is 1.96. The number of nitrogens with one attached hydrogen (secondary N) is 1. The molecule has 6 heteroatoms. The average Bonchev–Trinajstić information content (AvgIpc) is 2.89. The normalized spacial score (nSPS) is 17.5. The van der Waals surface area contributed by atoms with Gasteiger partial charge >= 0.3 is 0 Å². The van der Waals surface area contributed by atoms with Gasteiger partial charge < -0.3 is 10.2 Å². The molecule has 26 heavy (non-hydrogen) atoms.